The molecule has 0 radical (unpaired) electrons. The molecule has 27 heavy (non-hydrogen) atoms. The zero-order valence-corrected chi connectivity index (χ0v) is 15.2. The van der Waals surface area contributed by atoms with Gasteiger partial charge < -0.3 is 18.9 Å². The van der Waals surface area contributed by atoms with E-state index in [0.29, 0.717) is 0 Å². The molecule has 0 bridgehead atoms. The van der Waals surface area contributed by atoms with Crippen LogP contribution in [0.2, 0.25) is 0 Å². The highest BCUT2D eigenvalue weighted by Gasteiger charge is 2.35. The molecule has 0 heterocycles. The first-order chi connectivity index (χ1) is 12.7. The zero-order valence-electron chi connectivity index (χ0n) is 15.2. The Balaban J connectivity index is 2.33. The maximum atomic E-state index is 13.2. The van der Waals surface area contributed by atoms with Gasteiger partial charge in [-0.15, -0.1) is 0 Å². The first kappa shape index (κ1) is 20.4. The third-order valence-corrected chi connectivity index (χ3v) is 3.89. The number of carbonyl (C=O) groups is 1. The maximum absolute atomic E-state index is 13.2. The number of halogens is 3. The molecule has 0 saturated carbocycles. The monoisotopic (exact) mass is 384 g/mol. The van der Waals surface area contributed by atoms with Crippen molar-refractivity contribution < 1.29 is 36.9 Å². The fraction of sp³-hybridized carbons (Fsp3) is 0.316. The van der Waals surface area contributed by atoms with E-state index < -0.39 is 23.8 Å². The van der Waals surface area contributed by atoms with Gasteiger partial charge in [0.2, 0.25) is 5.75 Å². The first-order valence-corrected chi connectivity index (χ1v) is 7.90. The smallest absolute Gasteiger partial charge is 0.416 e. The van der Waals surface area contributed by atoms with Crippen molar-refractivity contribution >= 4 is 5.97 Å². The fourth-order valence-corrected chi connectivity index (χ4v) is 2.60. The van der Waals surface area contributed by atoms with E-state index in [9.17, 15) is 18.0 Å². The van der Waals surface area contributed by atoms with E-state index in [1.54, 1.807) is 0 Å². The summed E-state index contributed by atoms with van der Waals surface area (Å²) in [5.74, 6) is -0.0787. The molecule has 0 saturated heterocycles. The van der Waals surface area contributed by atoms with Gasteiger partial charge in [0.25, 0.3) is 0 Å². The number of carbonyl (C=O) groups excluding carboxylic acids is 1. The first-order valence-electron chi connectivity index (χ1n) is 7.90. The summed E-state index contributed by atoms with van der Waals surface area (Å²) in [5.41, 5.74) is -0.929. The summed E-state index contributed by atoms with van der Waals surface area (Å²) in [6.45, 7) is 1.38. The molecule has 0 N–H and O–H groups in total. The van der Waals surface area contributed by atoms with Crippen LogP contribution in [0, 0.1) is 0 Å². The number of esters is 1. The van der Waals surface area contributed by atoms with Crippen LogP contribution >= 0.6 is 0 Å². The number of rotatable bonds is 6. The Labute approximate surface area is 154 Å². The molecule has 0 aliphatic rings. The quantitative estimate of drug-likeness (QED) is 0.679. The molecule has 0 fully saturated rings. The van der Waals surface area contributed by atoms with E-state index >= 15 is 0 Å². The molecule has 5 nitrogen and oxygen atoms in total. The van der Waals surface area contributed by atoms with Crippen LogP contribution in [0.5, 0.6) is 17.2 Å². The van der Waals surface area contributed by atoms with Crippen LogP contribution in [0.25, 0.3) is 0 Å². The van der Waals surface area contributed by atoms with Gasteiger partial charge in [0.05, 0.1) is 32.5 Å². The molecule has 0 aliphatic carbocycles. The van der Waals surface area contributed by atoms with Gasteiger partial charge >= 0.3 is 12.1 Å². The van der Waals surface area contributed by atoms with Crippen molar-refractivity contribution in [2.45, 2.75) is 19.2 Å². The minimum Gasteiger partial charge on any atom is -0.493 e. The van der Waals surface area contributed by atoms with Gasteiger partial charge in [-0.2, -0.15) is 13.2 Å². The predicted octanol–water partition coefficient (Wildman–Crippen LogP) is 4.65. The molecule has 0 aliphatic heterocycles. The van der Waals surface area contributed by atoms with E-state index in [1.165, 1.54) is 58.6 Å². The summed E-state index contributed by atoms with van der Waals surface area (Å²) < 4.78 is 60.2. The molecule has 8 heteroatoms. The van der Waals surface area contributed by atoms with Gasteiger partial charge in [0, 0.05) is 5.56 Å². The SMILES string of the molecule is COc1cc(C(=O)O[C@@H](C)c2ccccc2C(F)(F)F)cc(OC)c1OC. The summed E-state index contributed by atoms with van der Waals surface area (Å²) in [6.07, 6.45) is -5.67. The topological polar surface area (TPSA) is 54.0 Å². The molecule has 1 atom stereocenters. The minimum absolute atomic E-state index is 0.0563. The zero-order chi connectivity index (χ0) is 20.2. The average Bonchev–Trinajstić information content (AvgIpc) is 2.65. The van der Waals surface area contributed by atoms with Gasteiger partial charge in [-0.3, -0.25) is 0 Å². The van der Waals surface area contributed by atoms with Crippen LogP contribution in [-0.4, -0.2) is 27.3 Å². The highest BCUT2D eigenvalue weighted by atomic mass is 19.4. The Morgan fingerprint density at radius 3 is 2.00 bits per heavy atom. The van der Waals surface area contributed by atoms with E-state index in [4.69, 9.17) is 18.9 Å². The predicted molar refractivity (Wildman–Crippen MR) is 91.4 cm³/mol. The highest BCUT2D eigenvalue weighted by molar-refractivity contribution is 5.91. The van der Waals surface area contributed by atoms with Crippen LogP contribution < -0.4 is 14.2 Å². The molecule has 2 aromatic carbocycles. The van der Waals surface area contributed by atoms with Crippen LogP contribution in [0.1, 0.15) is 34.5 Å². The number of hydrogen-bond acceptors (Lipinski definition) is 5. The summed E-state index contributed by atoms with van der Waals surface area (Å²) in [7, 11) is 4.18. The van der Waals surface area contributed by atoms with Gasteiger partial charge in [-0.1, -0.05) is 18.2 Å². The molecule has 0 aromatic heterocycles. The summed E-state index contributed by atoms with van der Waals surface area (Å²) in [6, 6.07) is 7.68. The second kappa shape index (κ2) is 8.20. The average molecular weight is 384 g/mol. The van der Waals surface area contributed by atoms with Gasteiger partial charge in [-0.05, 0) is 25.1 Å². The Kier molecular flexibility index (Phi) is 6.20. The lowest BCUT2D eigenvalue weighted by Gasteiger charge is -2.19. The third-order valence-electron chi connectivity index (χ3n) is 3.89. The van der Waals surface area contributed by atoms with Gasteiger partial charge in [0.15, 0.2) is 11.5 Å². The van der Waals surface area contributed by atoms with Crippen LogP contribution in [-0.2, 0) is 10.9 Å². The standard InChI is InChI=1S/C19H19F3O5/c1-11(13-7-5-6-8-14(13)19(20,21)22)27-18(23)12-9-15(24-2)17(26-4)16(10-12)25-3/h5-11H,1-4H3/t11-/m0/s1. The molecule has 146 valence electrons. The van der Waals surface area contributed by atoms with Gasteiger partial charge in [-0.25, -0.2) is 4.79 Å². The lowest BCUT2D eigenvalue weighted by atomic mass is 10.0. The molecule has 2 aromatic rings. The van der Waals surface area contributed by atoms with Crippen molar-refractivity contribution in [2.24, 2.45) is 0 Å². The van der Waals surface area contributed by atoms with E-state index in [1.807, 2.05) is 0 Å². The van der Waals surface area contributed by atoms with Crippen molar-refractivity contribution in [1.82, 2.24) is 0 Å². The van der Waals surface area contributed by atoms with Crippen LogP contribution in [0.4, 0.5) is 13.2 Å². The summed E-state index contributed by atoms with van der Waals surface area (Å²) in [4.78, 5) is 12.5. The lowest BCUT2D eigenvalue weighted by molar-refractivity contribution is -0.139. The molecule has 2 rings (SSSR count). The van der Waals surface area contributed by atoms with E-state index in [-0.39, 0.29) is 28.4 Å². The lowest BCUT2D eigenvalue weighted by Crippen LogP contribution is -2.15. The second-order valence-corrected chi connectivity index (χ2v) is 5.55. The van der Waals surface area contributed by atoms with Crippen molar-refractivity contribution in [2.75, 3.05) is 21.3 Å². The summed E-state index contributed by atoms with van der Waals surface area (Å²) in [5, 5.41) is 0. The normalized spacial score (nSPS) is 12.3. The molecule has 0 amide bonds. The molecular formula is C19H19F3O5. The number of methoxy groups -OCH3 is 3. The number of benzene rings is 2. The second-order valence-electron chi connectivity index (χ2n) is 5.55. The Bertz CT molecular complexity index is 792. The van der Waals surface area contributed by atoms with Crippen molar-refractivity contribution in [3.05, 3.63) is 53.1 Å². The maximum Gasteiger partial charge on any atom is 0.416 e. The molecular weight excluding hydrogens is 365 g/mol. The number of alkyl halides is 3. The Morgan fingerprint density at radius 2 is 1.52 bits per heavy atom. The third kappa shape index (κ3) is 4.45. The largest absolute Gasteiger partial charge is 0.493 e. The van der Waals surface area contributed by atoms with Crippen molar-refractivity contribution in [1.29, 1.82) is 0 Å². The van der Waals surface area contributed by atoms with Crippen molar-refractivity contribution in [3.8, 4) is 17.2 Å². The Morgan fingerprint density at radius 1 is 0.963 bits per heavy atom. The van der Waals surface area contributed by atoms with Crippen LogP contribution in [0.15, 0.2) is 36.4 Å². The fourth-order valence-electron chi connectivity index (χ4n) is 2.60. The van der Waals surface area contributed by atoms with Crippen molar-refractivity contribution in [3.63, 3.8) is 0 Å². The summed E-state index contributed by atoms with van der Waals surface area (Å²) >= 11 is 0. The van der Waals surface area contributed by atoms with Crippen LogP contribution in [0.3, 0.4) is 0 Å². The molecule has 0 spiro atoms. The molecule has 0 unspecified atom stereocenters. The number of ether oxygens (including phenoxy) is 4. The van der Waals surface area contributed by atoms with E-state index in [0.717, 1.165) is 6.07 Å². The Hall–Kier alpha value is -2.90. The minimum atomic E-state index is -4.55. The van der Waals surface area contributed by atoms with E-state index in [2.05, 4.69) is 0 Å². The number of hydrogen-bond donors (Lipinski definition) is 0. The highest BCUT2D eigenvalue weighted by Crippen LogP contribution is 2.39. The van der Waals surface area contributed by atoms with Gasteiger partial charge in [0.1, 0.15) is 6.10 Å².